The van der Waals surface area contributed by atoms with E-state index in [1.165, 1.54) is 36.3 Å². The van der Waals surface area contributed by atoms with Gasteiger partial charge in [0.15, 0.2) is 0 Å². The van der Waals surface area contributed by atoms with Gasteiger partial charge in [-0.05, 0) is 60.9 Å². The van der Waals surface area contributed by atoms with Gasteiger partial charge in [0.1, 0.15) is 18.3 Å². The van der Waals surface area contributed by atoms with Gasteiger partial charge in [-0.25, -0.2) is 8.42 Å². The predicted molar refractivity (Wildman–Crippen MR) is 163 cm³/mol. The number of carbonyl (C=O) groups is 2. The maximum atomic E-state index is 14.1. The quantitative estimate of drug-likeness (QED) is 0.207. The Hall–Kier alpha value is -3.77. The molecule has 0 aromatic heterocycles. The van der Waals surface area contributed by atoms with Crippen LogP contribution in [-0.4, -0.2) is 51.4 Å². The average Bonchev–Trinajstić information content (AvgIpc) is 3.00. The van der Waals surface area contributed by atoms with Crippen molar-refractivity contribution < 1.29 is 35.9 Å². The van der Waals surface area contributed by atoms with E-state index in [1.807, 2.05) is 6.92 Å². The first-order valence-electron chi connectivity index (χ1n) is 14.0. The van der Waals surface area contributed by atoms with Gasteiger partial charge in [-0.2, -0.15) is 13.2 Å². The zero-order chi connectivity index (χ0) is 32.5. The van der Waals surface area contributed by atoms with Gasteiger partial charge >= 0.3 is 6.18 Å². The van der Waals surface area contributed by atoms with E-state index in [1.54, 1.807) is 37.3 Å². The highest BCUT2D eigenvalue weighted by atomic mass is 35.5. The number of methoxy groups -OCH3 is 1. The number of carbonyl (C=O) groups excluding carboxylic acids is 2. The Balaban J connectivity index is 2.11. The molecule has 3 aromatic carbocycles. The molecule has 2 amide bonds. The van der Waals surface area contributed by atoms with Crippen molar-refractivity contribution in [2.24, 2.45) is 0 Å². The van der Waals surface area contributed by atoms with Crippen LogP contribution >= 0.6 is 11.6 Å². The number of rotatable bonds is 14. The number of hydrogen-bond acceptors (Lipinski definition) is 5. The monoisotopic (exact) mass is 653 g/mol. The van der Waals surface area contributed by atoms with Crippen LogP contribution < -0.4 is 14.4 Å². The molecule has 0 aliphatic carbocycles. The number of amides is 2. The van der Waals surface area contributed by atoms with Crippen LogP contribution in [-0.2, 0) is 32.3 Å². The van der Waals surface area contributed by atoms with Gasteiger partial charge in [0, 0.05) is 13.1 Å². The number of unbranched alkanes of at least 4 members (excludes halogenated alkanes) is 1. The topological polar surface area (TPSA) is 96.0 Å². The highest BCUT2D eigenvalue weighted by Gasteiger charge is 2.37. The smallest absolute Gasteiger partial charge is 0.417 e. The van der Waals surface area contributed by atoms with Crippen LogP contribution in [0.3, 0.4) is 0 Å². The van der Waals surface area contributed by atoms with Crippen LogP contribution in [0.2, 0.25) is 5.02 Å². The van der Waals surface area contributed by atoms with Gasteiger partial charge < -0.3 is 15.0 Å². The van der Waals surface area contributed by atoms with Crippen LogP contribution in [0.4, 0.5) is 18.9 Å². The molecule has 3 rings (SSSR count). The highest BCUT2D eigenvalue weighted by molar-refractivity contribution is 7.92. The first-order chi connectivity index (χ1) is 20.8. The molecule has 0 radical (unpaired) electrons. The van der Waals surface area contributed by atoms with E-state index in [0.717, 1.165) is 25.0 Å². The summed E-state index contributed by atoms with van der Waals surface area (Å²) < 4.78 is 74.9. The molecular weight excluding hydrogens is 619 g/mol. The minimum atomic E-state index is -4.89. The van der Waals surface area contributed by atoms with Crippen LogP contribution in [0.1, 0.15) is 44.2 Å². The fourth-order valence-electron chi connectivity index (χ4n) is 4.49. The van der Waals surface area contributed by atoms with Gasteiger partial charge in [0.2, 0.25) is 11.8 Å². The summed E-state index contributed by atoms with van der Waals surface area (Å²) in [6, 6.07) is 15.5. The summed E-state index contributed by atoms with van der Waals surface area (Å²) in [5.41, 5.74) is -1.04. The highest BCUT2D eigenvalue weighted by Crippen LogP contribution is 2.38. The molecule has 13 heteroatoms. The second kappa shape index (κ2) is 15.3. The van der Waals surface area contributed by atoms with Crippen molar-refractivity contribution in [1.29, 1.82) is 0 Å². The maximum Gasteiger partial charge on any atom is 0.417 e. The summed E-state index contributed by atoms with van der Waals surface area (Å²) in [6.07, 6.45) is -3.14. The lowest BCUT2D eigenvalue weighted by Gasteiger charge is -2.33. The first-order valence-corrected chi connectivity index (χ1v) is 15.8. The fourth-order valence-corrected chi connectivity index (χ4v) is 6.14. The Kier molecular flexibility index (Phi) is 12.1. The fraction of sp³-hybridized carbons (Fsp3) is 0.355. The van der Waals surface area contributed by atoms with Crippen molar-refractivity contribution in [2.75, 3.05) is 24.5 Å². The molecule has 0 unspecified atom stereocenters. The largest absolute Gasteiger partial charge is 0.497 e. The molecule has 1 N–H and O–H groups in total. The van der Waals surface area contributed by atoms with E-state index < -0.39 is 56.9 Å². The van der Waals surface area contributed by atoms with Crippen LogP contribution in [0.15, 0.2) is 77.7 Å². The summed E-state index contributed by atoms with van der Waals surface area (Å²) in [6.45, 7) is 3.11. The summed E-state index contributed by atoms with van der Waals surface area (Å²) in [5, 5.41) is 2.20. The molecule has 0 spiro atoms. The van der Waals surface area contributed by atoms with Crippen LogP contribution in [0, 0.1) is 0 Å². The second-order valence-corrected chi connectivity index (χ2v) is 12.2. The van der Waals surface area contributed by atoms with Crippen LogP contribution in [0.25, 0.3) is 0 Å². The lowest BCUT2D eigenvalue weighted by molar-refractivity contribution is -0.140. The van der Waals surface area contributed by atoms with E-state index in [0.29, 0.717) is 28.2 Å². The number of sulfonamides is 1. The molecule has 0 aliphatic heterocycles. The average molecular weight is 654 g/mol. The van der Waals surface area contributed by atoms with E-state index in [9.17, 15) is 31.2 Å². The Morgan fingerprint density at radius 1 is 1.00 bits per heavy atom. The third kappa shape index (κ3) is 8.66. The molecule has 0 heterocycles. The Morgan fingerprint density at radius 2 is 1.66 bits per heavy atom. The lowest BCUT2D eigenvalue weighted by Crippen LogP contribution is -2.52. The first kappa shape index (κ1) is 34.7. The van der Waals surface area contributed by atoms with E-state index >= 15 is 0 Å². The minimum Gasteiger partial charge on any atom is -0.497 e. The van der Waals surface area contributed by atoms with E-state index in [4.69, 9.17) is 16.3 Å². The van der Waals surface area contributed by atoms with Gasteiger partial charge in [0.25, 0.3) is 10.0 Å². The van der Waals surface area contributed by atoms with E-state index in [2.05, 4.69) is 5.32 Å². The number of nitrogens with one attached hydrogen (secondary N) is 1. The van der Waals surface area contributed by atoms with Gasteiger partial charge in [-0.15, -0.1) is 0 Å². The molecule has 8 nitrogen and oxygen atoms in total. The van der Waals surface area contributed by atoms with Crippen molar-refractivity contribution in [3.8, 4) is 5.75 Å². The van der Waals surface area contributed by atoms with Crippen molar-refractivity contribution >= 4 is 39.1 Å². The summed E-state index contributed by atoms with van der Waals surface area (Å²) in [5.74, 6) is -0.647. The minimum absolute atomic E-state index is 0.0732. The zero-order valence-electron chi connectivity index (χ0n) is 24.6. The number of halogens is 4. The SMILES string of the molecule is CCCCNC(=O)[C@@H](CC)N(Cc1ccc(OC)cc1)C(=O)CN(c1ccc(Cl)c(C(F)(F)F)c1)S(=O)(=O)c1ccccc1. The van der Waals surface area contributed by atoms with Crippen LogP contribution in [0.5, 0.6) is 5.75 Å². The summed E-state index contributed by atoms with van der Waals surface area (Å²) >= 11 is 5.82. The number of alkyl halides is 3. The van der Waals surface area contributed by atoms with Gasteiger partial charge in [-0.3, -0.25) is 13.9 Å². The summed E-state index contributed by atoms with van der Waals surface area (Å²) in [7, 11) is -3.05. The Bertz CT molecular complexity index is 1520. The third-order valence-electron chi connectivity index (χ3n) is 6.88. The normalized spacial score (nSPS) is 12.3. The Morgan fingerprint density at radius 3 is 2.23 bits per heavy atom. The molecule has 238 valence electrons. The molecular formula is C31H35ClF3N3O5S. The molecule has 1 atom stereocenters. The van der Waals surface area contributed by atoms with Crippen molar-refractivity contribution in [3.05, 3.63) is 88.9 Å². The van der Waals surface area contributed by atoms with Gasteiger partial charge in [-0.1, -0.05) is 62.2 Å². The molecule has 0 saturated carbocycles. The molecule has 0 fully saturated rings. The molecule has 44 heavy (non-hydrogen) atoms. The van der Waals surface area contributed by atoms with Gasteiger partial charge in [0.05, 0.1) is 28.3 Å². The molecule has 0 bridgehead atoms. The zero-order valence-corrected chi connectivity index (χ0v) is 26.2. The molecule has 0 saturated heterocycles. The molecule has 3 aromatic rings. The second-order valence-electron chi connectivity index (χ2n) is 9.92. The predicted octanol–water partition coefficient (Wildman–Crippen LogP) is 6.29. The van der Waals surface area contributed by atoms with Crippen molar-refractivity contribution in [2.45, 2.75) is 56.8 Å². The third-order valence-corrected chi connectivity index (χ3v) is 9.00. The number of ether oxygens (including phenoxy) is 1. The molecule has 0 aliphatic rings. The van der Waals surface area contributed by atoms with Crippen molar-refractivity contribution in [1.82, 2.24) is 10.2 Å². The number of benzene rings is 3. The number of hydrogen-bond donors (Lipinski definition) is 1. The van der Waals surface area contributed by atoms with E-state index in [-0.39, 0.29) is 17.9 Å². The number of nitrogens with zero attached hydrogens (tertiary/aromatic N) is 2. The Labute approximate surface area is 260 Å². The summed E-state index contributed by atoms with van der Waals surface area (Å²) in [4.78, 5) is 28.4. The number of anilines is 1. The maximum absolute atomic E-state index is 14.1. The van der Waals surface area contributed by atoms with Crippen molar-refractivity contribution in [3.63, 3.8) is 0 Å². The lowest BCUT2D eigenvalue weighted by atomic mass is 10.1. The standard InChI is InChI=1S/C31H35ClF3N3O5S/c1-4-6-18-36-30(40)28(5-2)37(20-22-12-15-24(43-3)16-13-22)29(39)21-38(44(41,42)25-10-8-7-9-11-25)23-14-17-27(32)26(19-23)31(33,34)35/h7-17,19,28H,4-6,18,20-21H2,1-3H3,(H,36,40)/t28-/m1/s1.